The van der Waals surface area contributed by atoms with E-state index in [1.807, 2.05) is 0 Å². The van der Waals surface area contributed by atoms with Gasteiger partial charge >= 0.3 is 0 Å². The smallest absolute Gasteiger partial charge is 0.293 e. The number of halogens is 2. The van der Waals surface area contributed by atoms with Crippen molar-refractivity contribution < 1.29 is 8.81 Å². The van der Waals surface area contributed by atoms with Gasteiger partial charge in [0.1, 0.15) is 12.2 Å². The zero-order valence-corrected chi connectivity index (χ0v) is 7.31. The third kappa shape index (κ3) is 1.33. The lowest BCUT2D eigenvalue weighted by atomic mass is 10.2. The second-order valence-corrected chi connectivity index (χ2v) is 3.02. The van der Waals surface area contributed by atoms with Crippen molar-refractivity contribution in [1.82, 2.24) is 4.98 Å². The lowest BCUT2D eigenvalue weighted by Gasteiger charge is -1.94. The molecule has 2 aromatic rings. The maximum atomic E-state index is 12.3. The van der Waals surface area contributed by atoms with Crippen molar-refractivity contribution in [2.24, 2.45) is 0 Å². The number of fused-ring (bicyclic) bond motifs is 1. The third-order valence-electron chi connectivity index (χ3n) is 1.68. The molecule has 0 saturated carbocycles. The van der Waals surface area contributed by atoms with Crippen molar-refractivity contribution in [1.29, 1.82) is 0 Å². The van der Waals surface area contributed by atoms with E-state index in [9.17, 15) is 4.39 Å². The minimum Gasteiger partial charge on any atom is -0.422 e. The molecule has 2 N–H and O–H groups in total. The molecule has 13 heavy (non-hydrogen) atoms. The van der Waals surface area contributed by atoms with Gasteiger partial charge in [-0.25, -0.2) is 4.39 Å². The van der Waals surface area contributed by atoms with Gasteiger partial charge in [0, 0.05) is 0 Å². The highest BCUT2D eigenvalue weighted by molar-refractivity contribution is 6.34. The van der Waals surface area contributed by atoms with E-state index in [1.165, 1.54) is 6.07 Å². The van der Waals surface area contributed by atoms with E-state index in [-0.39, 0.29) is 6.01 Å². The van der Waals surface area contributed by atoms with E-state index in [1.54, 1.807) is 6.07 Å². The summed E-state index contributed by atoms with van der Waals surface area (Å²) >= 11 is 5.80. The van der Waals surface area contributed by atoms with Gasteiger partial charge in [-0.3, -0.25) is 0 Å². The normalized spacial score (nSPS) is 10.9. The number of oxazole rings is 1. The van der Waals surface area contributed by atoms with Crippen LogP contribution in [0.3, 0.4) is 0 Å². The van der Waals surface area contributed by atoms with Crippen LogP contribution in [-0.4, -0.2) is 4.98 Å². The SMILES string of the molecule is Nc1nc2cc(CF)cc(Cl)c2o1. The number of alkyl halides is 1. The minimum atomic E-state index is -0.581. The fourth-order valence-electron chi connectivity index (χ4n) is 1.14. The first-order valence-corrected chi connectivity index (χ1v) is 3.99. The number of anilines is 1. The fourth-order valence-corrected chi connectivity index (χ4v) is 1.42. The predicted octanol–water partition coefficient (Wildman–Crippen LogP) is 2.53. The summed E-state index contributed by atoms with van der Waals surface area (Å²) in [5.41, 5.74) is 6.67. The highest BCUT2D eigenvalue weighted by Crippen LogP contribution is 2.27. The van der Waals surface area contributed by atoms with E-state index in [0.29, 0.717) is 21.7 Å². The van der Waals surface area contributed by atoms with Crippen LogP contribution in [0.15, 0.2) is 16.5 Å². The first kappa shape index (κ1) is 8.31. The van der Waals surface area contributed by atoms with Gasteiger partial charge < -0.3 is 10.2 Å². The van der Waals surface area contributed by atoms with E-state index in [0.717, 1.165) is 0 Å². The molecule has 1 heterocycles. The van der Waals surface area contributed by atoms with Crippen LogP contribution in [0.4, 0.5) is 10.4 Å². The molecular formula is C8H6ClFN2O. The molecule has 68 valence electrons. The van der Waals surface area contributed by atoms with Gasteiger partial charge in [0.25, 0.3) is 6.01 Å². The summed E-state index contributed by atoms with van der Waals surface area (Å²) in [7, 11) is 0. The number of hydrogen-bond acceptors (Lipinski definition) is 3. The fraction of sp³-hybridized carbons (Fsp3) is 0.125. The Bertz CT molecular complexity index is 455. The van der Waals surface area contributed by atoms with Crippen LogP contribution >= 0.6 is 11.6 Å². The number of nitrogens with two attached hydrogens (primary N) is 1. The van der Waals surface area contributed by atoms with Crippen molar-refractivity contribution in [2.45, 2.75) is 6.67 Å². The van der Waals surface area contributed by atoms with Crippen molar-refractivity contribution in [3.8, 4) is 0 Å². The molecule has 0 amide bonds. The summed E-state index contributed by atoms with van der Waals surface area (Å²) in [6.45, 7) is -0.581. The third-order valence-corrected chi connectivity index (χ3v) is 1.96. The molecular weight excluding hydrogens is 195 g/mol. The second kappa shape index (κ2) is 2.88. The van der Waals surface area contributed by atoms with E-state index in [2.05, 4.69) is 4.98 Å². The first-order valence-electron chi connectivity index (χ1n) is 3.61. The van der Waals surface area contributed by atoms with Crippen molar-refractivity contribution >= 4 is 28.7 Å². The molecule has 2 rings (SSSR count). The topological polar surface area (TPSA) is 52.0 Å². The highest BCUT2D eigenvalue weighted by Gasteiger charge is 2.08. The number of aromatic nitrogens is 1. The maximum Gasteiger partial charge on any atom is 0.293 e. The van der Waals surface area contributed by atoms with E-state index < -0.39 is 6.67 Å². The van der Waals surface area contributed by atoms with Crippen molar-refractivity contribution in [3.05, 3.63) is 22.7 Å². The Balaban J connectivity index is 2.75. The van der Waals surface area contributed by atoms with Crippen LogP contribution in [0.2, 0.25) is 5.02 Å². The number of nitrogen functional groups attached to an aromatic ring is 1. The molecule has 1 aromatic heterocycles. The van der Waals surface area contributed by atoms with Crippen LogP contribution in [-0.2, 0) is 6.67 Å². The Morgan fingerprint density at radius 2 is 2.31 bits per heavy atom. The predicted molar refractivity (Wildman–Crippen MR) is 48.2 cm³/mol. The van der Waals surface area contributed by atoms with Gasteiger partial charge in [-0.1, -0.05) is 11.6 Å². The Hall–Kier alpha value is -1.29. The zero-order chi connectivity index (χ0) is 9.42. The van der Waals surface area contributed by atoms with Crippen LogP contribution in [0.25, 0.3) is 11.1 Å². The molecule has 0 spiro atoms. The maximum absolute atomic E-state index is 12.3. The van der Waals surface area contributed by atoms with E-state index >= 15 is 0 Å². The Morgan fingerprint density at radius 3 is 3.00 bits per heavy atom. The first-order chi connectivity index (χ1) is 6.20. The van der Waals surface area contributed by atoms with Gasteiger partial charge in [0.05, 0.1) is 5.02 Å². The molecule has 0 aliphatic carbocycles. The van der Waals surface area contributed by atoms with Crippen LogP contribution in [0, 0.1) is 0 Å². The van der Waals surface area contributed by atoms with Crippen molar-refractivity contribution in [2.75, 3.05) is 5.73 Å². The molecule has 0 bridgehead atoms. The molecule has 0 atom stereocenters. The molecule has 3 nitrogen and oxygen atoms in total. The number of benzene rings is 1. The summed E-state index contributed by atoms with van der Waals surface area (Å²) < 4.78 is 17.3. The summed E-state index contributed by atoms with van der Waals surface area (Å²) in [6.07, 6.45) is 0. The summed E-state index contributed by atoms with van der Waals surface area (Å²) in [5.74, 6) is 0. The summed E-state index contributed by atoms with van der Waals surface area (Å²) in [4.78, 5) is 3.84. The highest BCUT2D eigenvalue weighted by atomic mass is 35.5. The van der Waals surface area contributed by atoms with Crippen molar-refractivity contribution in [3.63, 3.8) is 0 Å². The summed E-state index contributed by atoms with van der Waals surface area (Å²) in [6, 6.07) is 3.09. The lowest BCUT2D eigenvalue weighted by molar-refractivity contribution is 0.485. The lowest BCUT2D eigenvalue weighted by Crippen LogP contribution is -1.81. The van der Waals surface area contributed by atoms with Crippen LogP contribution in [0.5, 0.6) is 0 Å². The largest absolute Gasteiger partial charge is 0.422 e. The molecule has 0 fully saturated rings. The summed E-state index contributed by atoms with van der Waals surface area (Å²) in [5, 5.41) is 0.328. The van der Waals surface area contributed by atoms with Gasteiger partial charge in [-0.05, 0) is 17.7 Å². The van der Waals surface area contributed by atoms with Crippen LogP contribution in [0.1, 0.15) is 5.56 Å². The Morgan fingerprint density at radius 1 is 1.54 bits per heavy atom. The van der Waals surface area contributed by atoms with E-state index in [4.69, 9.17) is 21.8 Å². The standard InChI is InChI=1S/C8H6ClFN2O/c9-5-1-4(3-10)2-6-7(5)13-8(11)12-6/h1-2H,3H2,(H2,11,12). The quantitative estimate of drug-likeness (QED) is 0.770. The monoisotopic (exact) mass is 200 g/mol. The molecule has 0 aliphatic rings. The number of hydrogen-bond donors (Lipinski definition) is 1. The Kier molecular flexibility index (Phi) is 1.84. The number of rotatable bonds is 1. The van der Waals surface area contributed by atoms with Crippen LogP contribution < -0.4 is 5.73 Å². The second-order valence-electron chi connectivity index (χ2n) is 2.61. The average molecular weight is 201 g/mol. The van der Waals surface area contributed by atoms with Gasteiger partial charge in [0.2, 0.25) is 0 Å². The van der Waals surface area contributed by atoms with Gasteiger partial charge in [-0.2, -0.15) is 4.98 Å². The molecule has 5 heteroatoms. The molecule has 0 radical (unpaired) electrons. The molecule has 1 aromatic carbocycles. The molecule has 0 saturated heterocycles. The Labute approximate surface area is 78.3 Å². The minimum absolute atomic E-state index is 0.0351. The van der Waals surface area contributed by atoms with Gasteiger partial charge in [-0.15, -0.1) is 0 Å². The molecule has 0 unspecified atom stereocenters. The average Bonchev–Trinajstić information content (AvgIpc) is 2.46. The molecule has 0 aliphatic heterocycles. The zero-order valence-electron chi connectivity index (χ0n) is 6.55. The van der Waals surface area contributed by atoms with Gasteiger partial charge in [0.15, 0.2) is 5.58 Å². The number of nitrogens with zero attached hydrogens (tertiary/aromatic N) is 1.